The molecule has 0 aromatic rings. The normalized spacial score (nSPS) is 14.2. The van der Waals surface area contributed by atoms with E-state index in [0.29, 0.717) is 12.3 Å². The minimum absolute atomic E-state index is 0.267. The van der Waals surface area contributed by atoms with E-state index in [1.54, 1.807) is 5.48 Å². The lowest BCUT2D eigenvalue weighted by molar-refractivity contribution is -0.193. The van der Waals surface area contributed by atoms with Crippen molar-refractivity contribution in [3.8, 4) is 0 Å². The van der Waals surface area contributed by atoms with Gasteiger partial charge in [0.15, 0.2) is 0 Å². The van der Waals surface area contributed by atoms with E-state index >= 15 is 0 Å². The Morgan fingerprint density at radius 2 is 0.969 bits per heavy atom. The largest absolute Gasteiger partial charge is 0.490 e. The van der Waals surface area contributed by atoms with Gasteiger partial charge in [-0.15, -0.1) is 0 Å². The van der Waals surface area contributed by atoms with Crippen LogP contribution in [0, 0.1) is 5.92 Å². The number of carbonyl (C=O) groups excluding carboxylic acids is 1. The Labute approximate surface area is 171 Å². The van der Waals surface area contributed by atoms with Gasteiger partial charge in [0.1, 0.15) is 0 Å². The molecule has 1 saturated heterocycles. The molecule has 0 aromatic heterocycles. The average Bonchev–Trinajstić information content (AvgIpc) is 2.61. The smallest absolute Gasteiger partial charge is 0.475 e. The summed E-state index contributed by atoms with van der Waals surface area (Å²) in [5.41, 5.74) is 1.65. The maximum atomic E-state index is 10.7. The number of carboxylic acid groups (broad SMARTS) is 3. The van der Waals surface area contributed by atoms with Crippen molar-refractivity contribution in [3.05, 3.63) is 0 Å². The third-order valence-corrected chi connectivity index (χ3v) is 2.78. The molecule has 0 saturated carbocycles. The summed E-state index contributed by atoms with van der Waals surface area (Å²) in [5, 5.41) is 32.8. The van der Waals surface area contributed by atoms with Crippen molar-refractivity contribution in [2.24, 2.45) is 5.92 Å². The highest BCUT2D eigenvalue weighted by Gasteiger charge is 2.39. The molecule has 0 spiro atoms. The van der Waals surface area contributed by atoms with Crippen LogP contribution in [0.5, 0.6) is 0 Å². The van der Waals surface area contributed by atoms with Crippen molar-refractivity contribution in [2.75, 3.05) is 13.1 Å². The molecule has 1 fully saturated rings. The van der Waals surface area contributed by atoms with Gasteiger partial charge in [-0.25, -0.2) is 19.9 Å². The number of hydrogen-bond acceptors (Lipinski definition) is 6. The van der Waals surface area contributed by atoms with Gasteiger partial charge in [-0.3, -0.25) is 10.0 Å². The highest BCUT2D eigenvalue weighted by atomic mass is 19.4. The number of carboxylic acids is 3. The SMILES string of the molecule is O=C(CC1CCNCC1)NO.O=C(O)C(F)(F)F.O=C(O)C(F)(F)F.O=C(O)C(F)(F)F. The number of nitrogens with one attached hydrogen (secondary N) is 2. The van der Waals surface area contributed by atoms with Crippen molar-refractivity contribution in [2.45, 2.75) is 37.8 Å². The number of rotatable bonds is 2. The number of alkyl halides is 9. The van der Waals surface area contributed by atoms with Crippen LogP contribution in [0.3, 0.4) is 0 Å². The molecule has 0 unspecified atom stereocenters. The number of carbonyl (C=O) groups is 4. The fourth-order valence-corrected chi connectivity index (χ4v) is 1.39. The monoisotopic (exact) mass is 500 g/mol. The molecule has 0 radical (unpaired) electrons. The fourth-order valence-electron chi connectivity index (χ4n) is 1.39. The van der Waals surface area contributed by atoms with Gasteiger partial charge in [0.05, 0.1) is 0 Å². The minimum atomic E-state index is -5.08. The zero-order chi connectivity index (χ0) is 26.3. The van der Waals surface area contributed by atoms with Gasteiger partial charge in [-0.2, -0.15) is 39.5 Å². The van der Waals surface area contributed by atoms with Crippen molar-refractivity contribution in [1.82, 2.24) is 10.8 Å². The first kappa shape index (κ1) is 33.8. The molecular weight excluding hydrogens is 483 g/mol. The summed E-state index contributed by atoms with van der Waals surface area (Å²) >= 11 is 0. The van der Waals surface area contributed by atoms with Crippen LogP contribution >= 0.6 is 0 Å². The third kappa shape index (κ3) is 21.9. The molecule has 190 valence electrons. The Kier molecular flexibility index (Phi) is 15.9. The predicted molar refractivity (Wildman–Crippen MR) is 81.2 cm³/mol. The Morgan fingerprint density at radius 1 is 0.719 bits per heavy atom. The first-order valence-corrected chi connectivity index (χ1v) is 7.70. The van der Waals surface area contributed by atoms with E-state index in [-0.39, 0.29) is 5.91 Å². The van der Waals surface area contributed by atoms with Gasteiger partial charge in [0.25, 0.3) is 0 Å². The zero-order valence-electron chi connectivity index (χ0n) is 15.4. The summed E-state index contributed by atoms with van der Waals surface area (Å²) in [6.07, 6.45) is -12.7. The van der Waals surface area contributed by atoms with Gasteiger partial charge in [0.2, 0.25) is 5.91 Å². The molecule has 0 aromatic carbocycles. The quantitative estimate of drug-likeness (QED) is 0.188. The fraction of sp³-hybridized carbons (Fsp3) is 0.692. The Balaban J connectivity index is -0.000000361. The standard InChI is InChI=1S/C7H14N2O2.3C2HF3O2/c10-7(9-11)5-6-1-3-8-4-2-6;3*3-2(4,5)1(6)7/h6,8,11H,1-5H2,(H,9,10);3*(H,6,7). The molecule has 32 heavy (non-hydrogen) atoms. The Hall–Kier alpha value is -2.83. The van der Waals surface area contributed by atoms with Crippen LogP contribution < -0.4 is 10.8 Å². The number of halogens is 9. The van der Waals surface area contributed by atoms with Gasteiger partial charge in [-0.05, 0) is 31.8 Å². The number of piperidine rings is 1. The summed E-state index contributed by atoms with van der Waals surface area (Å²) in [6, 6.07) is 0. The number of hydroxylamine groups is 1. The molecule has 1 aliphatic heterocycles. The van der Waals surface area contributed by atoms with Crippen molar-refractivity contribution in [3.63, 3.8) is 0 Å². The highest BCUT2D eigenvalue weighted by Crippen LogP contribution is 2.15. The Morgan fingerprint density at radius 3 is 1.16 bits per heavy atom. The summed E-state index contributed by atoms with van der Waals surface area (Å²) < 4.78 is 95.2. The Bertz CT molecular complexity index is 543. The number of aliphatic carboxylic acids is 3. The second kappa shape index (κ2) is 15.1. The van der Waals surface area contributed by atoms with E-state index < -0.39 is 36.4 Å². The molecule has 0 atom stereocenters. The van der Waals surface area contributed by atoms with E-state index in [1.165, 1.54) is 0 Å². The molecule has 10 nitrogen and oxygen atoms in total. The van der Waals surface area contributed by atoms with Crippen LogP contribution in [0.1, 0.15) is 19.3 Å². The molecular formula is C13H17F9N2O8. The van der Waals surface area contributed by atoms with Gasteiger partial charge >= 0.3 is 36.4 Å². The van der Waals surface area contributed by atoms with Crippen LogP contribution in [0.15, 0.2) is 0 Å². The number of hydrogen-bond donors (Lipinski definition) is 6. The first-order valence-electron chi connectivity index (χ1n) is 7.70. The molecule has 19 heteroatoms. The lowest BCUT2D eigenvalue weighted by Crippen LogP contribution is -2.31. The van der Waals surface area contributed by atoms with Crippen LogP contribution in [-0.2, 0) is 19.2 Å². The summed E-state index contributed by atoms with van der Waals surface area (Å²) in [5.74, 6) is -8.09. The molecule has 1 heterocycles. The van der Waals surface area contributed by atoms with E-state index in [2.05, 4.69) is 5.32 Å². The summed E-state index contributed by atoms with van der Waals surface area (Å²) in [6.45, 7) is 1.98. The second-order valence-electron chi connectivity index (χ2n) is 5.34. The van der Waals surface area contributed by atoms with E-state index in [1.807, 2.05) is 0 Å². The van der Waals surface area contributed by atoms with Gasteiger partial charge in [0, 0.05) is 6.42 Å². The maximum Gasteiger partial charge on any atom is 0.490 e. The number of amides is 1. The summed E-state index contributed by atoms with van der Waals surface area (Å²) in [4.78, 5) is 37.4. The molecule has 0 aliphatic carbocycles. The first-order chi connectivity index (χ1) is 14.2. The van der Waals surface area contributed by atoms with Crippen molar-refractivity contribution in [1.29, 1.82) is 0 Å². The second-order valence-corrected chi connectivity index (χ2v) is 5.34. The van der Waals surface area contributed by atoms with Crippen LogP contribution in [0.25, 0.3) is 0 Å². The maximum absolute atomic E-state index is 10.7. The zero-order valence-corrected chi connectivity index (χ0v) is 15.4. The average molecular weight is 500 g/mol. The molecule has 6 N–H and O–H groups in total. The minimum Gasteiger partial charge on any atom is -0.475 e. The summed E-state index contributed by atoms with van der Waals surface area (Å²) in [7, 11) is 0. The van der Waals surface area contributed by atoms with Crippen LogP contribution in [-0.4, -0.2) is 76.0 Å². The lowest BCUT2D eigenvalue weighted by Gasteiger charge is -2.21. The van der Waals surface area contributed by atoms with Crippen LogP contribution in [0.2, 0.25) is 0 Å². The molecule has 1 amide bonds. The lowest BCUT2D eigenvalue weighted by atomic mass is 9.94. The van der Waals surface area contributed by atoms with E-state index in [4.69, 9.17) is 34.9 Å². The third-order valence-electron chi connectivity index (χ3n) is 2.78. The molecule has 1 aliphatic rings. The molecule has 1 rings (SSSR count). The van der Waals surface area contributed by atoms with Crippen molar-refractivity contribution < 1.29 is 79.2 Å². The predicted octanol–water partition coefficient (Wildman–Crippen LogP) is 1.78. The highest BCUT2D eigenvalue weighted by molar-refractivity contribution is 5.75. The van der Waals surface area contributed by atoms with E-state index in [9.17, 15) is 44.3 Å². The molecule has 0 bridgehead atoms. The topological polar surface area (TPSA) is 173 Å². The van der Waals surface area contributed by atoms with Crippen LogP contribution in [0.4, 0.5) is 39.5 Å². The van der Waals surface area contributed by atoms with Gasteiger partial charge in [-0.1, -0.05) is 0 Å². The van der Waals surface area contributed by atoms with Crippen molar-refractivity contribution >= 4 is 23.8 Å². The van der Waals surface area contributed by atoms with Gasteiger partial charge < -0.3 is 20.6 Å². The van der Waals surface area contributed by atoms with E-state index in [0.717, 1.165) is 25.9 Å².